The van der Waals surface area contributed by atoms with Crippen molar-refractivity contribution in [1.82, 2.24) is 0 Å². The van der Waals surface area contributed by atoms with E-state index >= 15 is 0 Å². The fraction of sp³-hybridized carbons (Fsp3) is 0.250. The van der Waals surface area contributed by atoms with E-state index in [1.165, 1.54) is 8.61 Å². The van der Waals surface area contributed by atoms with Gasteiger partial charge in [-0.05, 0) is 100 Å². The lowest BCUT2D eigenvalue weighted by Crippen LogP contribution is -2.40. The standard InChI is InChI=1S/C40H44N2O8S2/c1-29-5-13-33(14-6-29)41(51(45,46)39-21-9-31(3)10-22-39)25-35(43)27-49-37-17-19-38(20-18-37)50-28-36(44)26-42(34-15-7-30(2)8-16-34)52(47,48)40-23-11-32(4)12-24-40/h5-24,35-36,43-44H,25-28H2,1-4H3. The molecule has 2 N–H and O–H groups in total. The Labute approximate surface area is 306 Å². The molecule has 2 atom stereocenters. The van der Waals surface area contributed by atoms with E-state index in [0.29, 0.717) is 22.9 Å². The third-order valence-electron chi connectivity index (χ3n) is 8.32. The SMILES string of the molecule is Cc1ccc(N(CC(O)COc2ccc(OCC(O)CN(c3ccc(C)cc3)S(=O)(=O)c3ccc(C)cc3)cc2)S(=O)(=O)c2ccc(C)cc2)cc1. The fourth-order valence-electron chi connectivity index (χ4n) is 5.29. The second kappa shape index (κ2) is 16.6. The summed E-state index contributed by atoms with van der Waals surface area (Å²) in [5.41, 5.74) is 4.63. The Morgan fingerprint density at radius 1 is 0.462 bits per heavy atom. The summed E-state index contributed by atoms with van der Waals surface area (Å²) < 4.78 is 68.6. The van der Waals surface area contributed by atoms with E-state index in [2.05, 4.69) is 0 Å². The van der Waals surface area contributed by atoms with Crippen molar-refractivity contribution in [3.05, 3.63) is 144 Å². The van der Waals surface area contributed by atoms with Gasteiger partial charge in [0.15, 0.2) is 0 Å². The van der Waals surface area contributed by atoms with Crippen LogP contribution in [0, 0.1) is 27.7 Å². The van der Waals surface area contributed by atoms with Crippen LogP contribution < -0.4 is 18.1 Å². The number of anilines is 2. The van der Waals surface area contributed by atoms with Crippen LogP contribution in [-0.4, -0.2) is 65.6 Å². The van der Waals surface area contributed by atoms with Gasteiger partial charge < -0.3 is 19.7 Å². The Kier molecular flexibility index (Phi) is 12.3. The highest BCUT2D eigenvalue weighted by Crippen LogP contribution is 2.27. The Balaban J connectivity index is 1.20. The van der Waals surface area contributed by atoms with Crippen molar-refractivity contribution in [2.75, 3.05) is 34.9 Å². The number of hydrogen-bond donors (Lipinski definition) is 2. The number of aliphatic hydroxyl groups excluding tert-OH is 2. The lowest BCUT2D eigenvalue weighted by molar-refractivity contribution is 0.113. The molecule has 0 spiro atoms. The summed E-state index contributed by atoms with van der Waals surface area (Å²) in [7, 11) is -7.97. The first kappa shape index (κ1) is 38.4. The minimum atomic E-state index is -3.99. The summed E-state index contributed by atoms with van der Waals surface area (Å²) >= 11 is 0. The van der Waals surface area contributed by atoms with E-state index in [-0.39, 0.29) is 36.1 Å². The molecule has 5 aromatic rings. The summed E-state index contributed by atoms with van der Waals surface area (Å²) in [5, 5.41) is 21.9. The molecule has 12 heteroatoms. The minimum Gasteiger partial charge on any atom is -0.491 e. The van der Waals surface area contributed by atoms with Crippen molar-refractivity contribution >= 4 is 31.4 Å². The van der Waals surface area contributed by atoms with Crippen molar-refractivity contribution in [3.63, 3.8) is 0 Å². The third-order valence-corrected chi connectivity index (χ3v) is 11.9. The number of benzene rings is 5. The fourth-order valence-corrected chi connectivity index (χ4v) is 8.29. The van der Waals surface area contributed by atoms with Crippen LogP contribution in [0.25, 0.3) is 0 Å². The number of hydrogen-bond acceptors (Lipinski definition) is 8. The zero-order chi connectivity index (χ0) is 37.5. The normalized spacial score (nSPS) is 12.9. The zero-order valence-corrected chi connectivity index (χ0v) is 31.2. The molecule has 0 bridgehead atoms. The summed E-state index contributed by atoms with van der Waals surface area (Å²) in [6, 6.07) is 33.6. The van der Waals surface area contributed by atoms with Crippen LogP contribution in [0.15, 0.2) is 131 Å². The van der Waals surface area contributed by atoms with E-state index in [9.17, 15) is 27.0 Å². The smallest absolute Gasteiger partial charge is 0.264 e. The van der Waals surface area contributed by atoms with Gasteiger partial charge in [0.2, 0.25) is 0 Å². The molecule has 0 saturated carbocycles. The minimum absolute atomic E-state index is 0.114. The number of aliphatic hydroxyl groups is 2. The van der Waals surface area contributed by atoms with Gasteiger partial charge in [-0.25, -0.2) is 16.8 Å². The quantitative estimate of drug-likeness (QED) is 0.122. The molecule has 5 rings (SSSR count). The molecule has 0 fully saturated rings. The number of nitrogens with zero attached hydrogens (tertiary/aromatic N) is 2. The number of sulfonamides is 2. The molecule has 0 heterocycles. The topological polar surface area (TPSA) is 134 Å². The first-order valence-electron chi connectivity index (χ1n) is 16.8. The highest BCUT2D eigenvalue weighted by atomic mass is 32.2. The molecule has 0 aliphatic rings. The molecule has 0 aliphatic heterocycles. The summed E-state index contributed by atoms with van der Waals surface area (Å²) in [6.07, 6.45) is -2.33. The van der Waals surface area contributed by atoms with Crippen LogP contribution in [0.5, 0.6) is 11.5 Å². The first-order valence-corrected chi connectivity index (χ1v) is 19.6. The van der Waals surface area contributed by atoms with E-state index in [0.717, 1.165) is 22.3 Å². The molecule has 5 aromatic carbocycles. The summed E-state index contributed by atoms with van der Waals surface area (Å²) in [4.78, 5) is 0.228. The monoisotopic (exact) mass is 744 g/mol. The summed E-state index contributed by atoms with van der Waals surface area (Å²) in [5.74, 6) is 0.815. The van der Waals surface area contributed by atoms with E-state index in [4.69, 9.17) is 9.47 Å². The van der Waals surface area contributed by atoms with Crippen LogP contribution in [0.3, 0.4) is 0 Å². The van der Waals surface area contributed by atoms with Gasteiger partial charge in [0.1, 0.15) is 36.9 Å². The van der Waals surface area contributed by atoms with E-state index in [1.54, 1.807) is 97.1 Å². The Bertz CT molecular complexity index is 1970. The maximum atomic E-state index is 13.7. The van der Waals surface area contributed by atoms with Gasteiger partial charge in [0.25, 0.3) is 20.0 Å². The van der Waals surface area contributed by atoms with Crippen LogP contribution >= 0.6 is 0 Å². The van der Waals surface area contributed by atoms with Gasteiger partial charge in [-0.15, -0.1) is 0 Å². The maximum absolute atomic E-state index is 13.7. The predicted octanol–water partition coefficient (Wildman–Crippen LogP) is 6.19. The van der Waals surface area contributed by atoms with Gasteiger partial charge >= 0.3 is 0 Å². The molecule has 0 radical (unpaired) electrons. The second-order valence-corrected chi connectivity index (χ2v) is 16.5. The molecule has 52 heavy (non-hydrogen) atoms. The molecule has 0 amide bonds. The maximum Gasteiger partial charge on any atom is 0.264 e. The highest BCUT2D eigenvalue weighted by molar-refractivity contribution is 7.93. The van der Waals surface area contributed by atoms with Gasteiger partial charge in [-0.3, -0.25) is 8.61 Å². The molecule has 0 aliphatic carbocycles. The average molecular weight is 745 g/mol. The van der Waals surface area contributed by atoms with Crippen molar-refractivity contribution in [2.45, 2.75) is 49.7 Å². The lowest BCUT2D eigenvalue weighted by atomic mass is 10.2. The molecule has 0 saturated heterocycles. The van der Waals surface area contributed by atoms with Gasteiger partial charge in [0, 0.05) is 0 Å². The van der Waals surface area contributed by atoms with Crippen molar-refractivity contribution in [3.8, 4) is 11.5 Å². The summed E-state index contributed by atoms with van der Waals surface area (Å²) in [6.45, 7) is 6.72. The number of aryl methyl sites for hydroxylation is 4. The first-order chi connectivity index (χ1) is 24.7. The molecule has 10 nitrogen and oxygen atoms in total. The number of ether oxygens (including phenoxy) is 2. The van der Waals surface area contributed by atoms with Crippen molar-refractivity contribution in [1.29, 1.82) is 0 Å². The van der Waals surface area contributed by atoms with Crippen LogP contribution in [0.4, 0.5) is 11.4 Å². The van der Waals surface area contributed by atoms with Crippen molar-refractivity contribution < 1.29 is 36.5 Å². The van der Waals surface area contributed by atoms with Gasteiger partial charge in [-0.2, -0.15) is 0 Å². The molecular formula is C40H44N2O8S2. The molecule has 0 aromatic heterocycles. The lowest BCUT2D eigenvalue weighted by Gasteiger charge is -2.27. The van der Waals surface area contributed by atoms with Crippen LogP contribution in [-0.2, 0) is 20.0 Å². The predicted molar refractivity (Wildman–Crippen MR) is 203 cm³/mol. The van der Waals surface area contributed by atoms with Crippen LogP contribution in [0.2, 0.25) is 0 Å². The largest absolute Gasteiger partial charge is 0.491 e. The Hall–Kier alpha value is -4.88. The Morgan fingerprint density at radius 2 is 0.731 bits per heavy atom. The van der Waals surface area contributed by atoms with E-state index < -0.39 is 32.3 Å². The third kappa shape index (κ3) is 9.71. The molecular weight excluding hydrogens is 701 g/mol. The zero-order valence-electron chi connectivity index (χ0n) is 29.6. The number of rotatable bonds is 16. The average Bonchev–Trinajstić information content (AvgIpc) is 3.12. The molecule has 2 unspecified atom stereocenters. The van der Waals surface area contributed by atoms with E-state index in [1.807, 2.05) is 52.0 Å². The second-order valence-electron chi connectivity index (χ2n) is 12.8. The molecule has 274 valence electrons. The van der Waals surface area contributed by atoms with Gasteiger partial charge in [0.05, 0.1) is 34.3 Å². The van der Waals surface area contributed by atoms with Crippen LogP contribution in [0.1, 0.15) is 22.3 Å². The van der Waals surface area contributed by atoms with Crippen molar-refractivity contribution in [2.24, 2.45) is 0 Å². The highest BCUT2D eigenvalue weighted by Gasteiger charge is 2.29. The Morgan fingerprint density at radius 3 is 1.02 bits per heavy atom. The van der Waals surface area contributed by atoms with Gasteiger partial charge in [-0.1, -0.05) is 70.8 Å².